The molecule has 0 saturated carbocycles. The average Bonchev–Trinajstić information content (AvgIpc) is 2.49. The normalized spacial score (nSPS) is 11.0. The van der Waals surface area contributed by atoms with Crippen molar-refractivity contribution in [2.75, 3.05) is 5.32 Å². The topological polar surface area (TPSA) is 38.3 Å². The first-order chi connectivity index (χ1) is 11.3. The lowest BCUT2D eigenvalue weighted by Gasteiger charge is -2.13. The van der Waals surface area contributed by atoms with Crippen LogP contribution in [-0.4, -0.2) is 17.8 Å². The molecule has 0 unspecified atom stereocenters. The first-order valence-corrected chi connectivity index (χ1v) is 8.36. The highest BCUT2D eigenvalue weighted by Crippen LogP contribution is 2.26. The van der Waals surface area contributed by atoms with Crippen molar-refractivity contribution in [3.05, 3.63) is 53.6 Å². The highest BCUT2D eigenvalue weighted by atomic mass is 32.2. The number of hydrogen-bond acceptors (Lipinski definition) is 3. The third-order valence-electron chi connectivity index (χ3n) is 3.16. The molecule has 128 valence electrons. The smallest absolute Gasteiger partial charge is 0.288 e. The second-order valence-corrected chi connectivity index (χ2v) is 6.56. The van der Waals surface area contributed by atoms with E-state index in [1.165, 1.54) is 24.3 Å². The van der Waals surface area contributed by atoms with Crippen molar-refractivity contribution in [3.8, 4) is 5.75 Å². The van der Waals surface area contributed by atoms with Crippen LogP contribution < -0.4 is 10.1 Å². The van der Waals surface area contributed by atoms with Crippen LogP contribution >= 0.6 is 11.8 Å². The second kappa shape index (κ2) is 8.15. The third kappa shape index (κ3) is 5.23. The summed E-state index contributed by atoms with van der Waals surface area (Å²) in [7, 11) is 0. The first-order valence-electron chi connectivity index (χ1n) is 7.48. The second-order valence-electron chi connectivity index (χ2n) is 5.50. The summed E-state index contributed by atoms with van der Waals surface area (Å²) in [6.07, 6.45) is 0.0782. The zero-order valence-corrected chi connectivity index (χ0v) is 14.5. The van der Waals surface area contributed by atoms with Gasteiger partial charge >= 0.3 is 0 Å². The van der Waals surface area contributed by atoms with Gasteiger partial charge in [-0.05, 0) is 68.8 Å². The maximum atomic E-state index is 12.3. The lowest BCUT2D eigenvalue weighted by atomic mass is 10.1. The van der Waals surface area contributed by atoms with Crippen molar-refractivity contribution in [1.82, 2.24) is 0 Å². The van der Waals surface area contributed by atoms with E-state index in [-0.39, 0.29) is 12.0 Å². The molecule has 0 aliphatic rings. The van der Waals surface area contributed by atoms with Crippen LogP contribution in [0.3, 0.4) is 0 Å². The van der Waals surface area contributed by atoms with Crippen LogP contribution in [0.1, 0.15) is 29.8 Å². The van der Waals surface area contributed by atoms with Crippen LogP contribution in [0.2, 0.25) is 0 Å². The maximum absolute atomic E-state index is 12.3. The molecule has 3 nitrogen and oxygen atoms in total. The van der Waals surface area contributed by atoms with E-state index in [4.69, 9.17) is 4.74 Å². The van der Waals surface area contributed by atoms with E-state index >= 15 is 0 Å². The fourth-order valence-electron chi connectivity index (χ4n) is 2.10. The molecule has 2 aromatic rings. The van der Waals surface area contributed by atoms with E-state index in [1.807, 2.05) is 26.8 Å². The van der Waals surface area contributed by atoms with Gasteiger partial charge in [0.05, 0.1) is 6.10 Å². The van der Waals surface area contributed by atoms with Gasteiger partial charge in [-0.15, -0.1) is 0 Å². The molecule has 0 saturated heterocycles. The Morgan fingerprint density at radius 1 is 1.12 bits per heavy atom. The molecule has 2 aromatic carbocycles. The lowest BCUT2D eigenvalue weighted by Crippen LogP contribution is -2.13. The largest absolute Gasteiger partial charge is 0.491 e. The lowest BCUT2D eigenvalue weighted by molar-refractivity contribution is 0.102. The van der Waals surface area contributed by atoms with E-state index in [0.717, 1.165) is 11.3 Å². The van der Waals surface area contributed by atoms with E-state index in [2.05, 4.69) is 5.32 Å². The van der Waals surface area contributed by atoms with Gasteiger partial charge in [0.2, 0.25) is 0 Å². The van der Waals surface area contributed by atoms with Gasteiger partial charge < -0.3 is 10.1 Å². The van der Waals surface area contributed by atoms with E-state index < -0.39 is 5.76 Å². The number of halogens is 2. The standard InChI is InChI=1S/C18H19F2NO2S/c1-11(2)23-14-6-9-16(12(3)10-14)21-17(22)13-4-7-15(8-5-13)24-18(19)20/h4-11,18H,1-3H3,(H,21,22). The van der Waals surface area contributed by atoms with Crippen molar-refractivity contribution in [3.63, 3.8) is 0 Å². The van der Waals surface area contributed by atoms with Crippen LogP contribution in [0.25, 0.3) is 0 Å². The summed E-state index contributed by atoms with van der Waals surface area (Å²) >= 11 is 0.453. The number of thioether (sulfide) groups is 1. The number of rotatable bonds is 6. The Hall–Kier alpha value is -2.08. The predicted molar refractivity (Wildman–Crippen MR) is 93.2 cm³/mol. The minimum Gasteiger partial charge on any atom is -0.491 e. The molecule has 6 heteroatoms. The van der Waals surface area contributed by atoms with Gasteiger partial charge in [0.1, 0.15) is 5.75 Å². The zero-order chi connectivity index (χ0) is 17.7. The van der Waals surface area contributed by atoms with E-state index in [0.29, 0.717) is 27.9 Å². The quantitative estimate of drug-likeness (QED) is 0.713. The van der Waals surface area contributed by atoms with E-state index in [9.17, 15) is 13.6 Å². The first kappa shape index (κ1) is 18.3. The number of benzene rings is 2. The van der Waals surface area contributed by atoms with Gasteiger partial charge in [-0.2, -0.15) is 8.78 Å². The number of hydrogen-bond donors (Lipinski definition) is 1. The number of carbonyl (C=O) groups is 1. The van der Waals surface area contributed by atoms with Crippen LogP contribution in [0, 0.1) is 6.92 Å². The number of anilines is 1. The number of amides is 1. The molecule has 1 amide bonds. The van der Waals surface area contributed by atoms with Gasteiger partial charge in [-0.3, -0.25) is 4.79 Å². The molecule has 0 spiro atoms. The van der Waals surface area contributed by atoms with E-state index in [1.54, 1.807) is 12.1 Å². The van der Waals surface area contributed by atoms with Crippen molar-refractivity contribution in [1.29, 1.82) is 0 Å². The molecule has 0 radical (unpaired) electrons. The summed E-state index contributed by atoms with van der Waals surface area (Å²) < 4.78 is 30.2. The van der Waals surface area contributed by atoms with Crippen molar-refractivity contribution in [2.24, 2.45) is 0 Å². The van der Waals surface area contributed by atoms with Crippen molar-refractivity contribution in [2.45, 2.75) is 37.5 Å². The summed E-state index contributed by atoms with van der Waals surface area (Å²) in [4.78, 5) is 12.7. The molecule has 0 atom stereocenters. The van der Waals surface area contributed by atoms with Gasteiger partial charge in [0, 0.05) is 16.1 Å². The fourth-order valence-corrected chi connectivity index (χ4v) is 2.60. The Labute approximate surface area is 144 Å². The van der Waals surface area contributed by atoms with Gasteiger partial charge in [-0.1, -0.05) is 11.8 Å². The fraction of sp³-hybridized carbons (Fsp3) is 0.278. The molecular weight excluding hydrogens is 332 g/mol. The van der Waals surface area contributed by atoms with Crippen LogP contribution in [0.4, 0.5) is 14.5 Å². The molecule has 24 heavy (non-hydrogen) atoms. The Bertz CT molecular complexity index is 703. The number of ether oxygens (including phenoxy) is 1. The Kier molecular flexibility index (Phi) is 6.20. The van der Waals surface area contributed by atoms with Gasteiger partial charge in [-0.25, -0.2) is 0 Å². The molecular formula is C18H19F2NO2S. The Morgan fingerprint density at radius 3 is 2.33 bits per heavy atom. The molecule has 0 aliphatic heterocycles. The van der Waals surface area contributed by atoms with Crippen molar-refractivity contribution < 1.29 is 18.3 Å². The maximum Gasteiger partial charge on any atom is 0.288 e. The highest BCUT2D eigenvalue weighted by molar-refractivity contribution is 7.99. The molecule has 0 fully saturated rings. The van der Waals surface area contributed by atoms with Gasteiger partial charge in [0.25, 0.3) is 11.7 Å². The molecule has 0 aromatic heterocycles. The van der Waals surface area contributed by atoms with Crippen molar-refractivity contribution >= 4 is 23.4 Å². The molecule has 2 rings (SSSR count). The van der Waals surface area contributed by atoms with Crippen LogP contribution in [0.5, 0.6) is 5.75 Å². The summed E-state index contributed by atoms with van der Waals surface area (Å²) in [5.74, 6) is -2.02. The Morgan fingerprint density at radius 2 is 1.79 bits per heavy atom. The highest BCUT2D eigenvalue weighted by Gasteiger charge is 2.10. The minimum absolute atomic E-state index is 0.0782. The third-order valence-corrected chi connectivity index (χ3v) is 3.88. The predicted octanol–water partition coefficient (Wildman–Crippen LogP) is 5.35. The summed E-state index contributed by atoms with van der Waals surface area (Å²) in [5, 5.41) is 2.82. The van der Waals surface area contributed by atoms with Gasteiger partial charge in [0.15, 0.2) is 0 Å². The number of carbonyl (C=O) groups excluding carboxylic acids is 1. The average molecular weight is 351 g/mol. The number of alkyl halides is 2. The SMILES string of the molecule is Cc1cc(OC(C)C)ccc1NC(=O)c1ccc(SC(F)F)cc1. The molecule has 1 N–H and O–H groups in total. The number of aryl methyl sites for hydroxylation is 1. The molecule has 0 bridgehead atoms. The summed E-state index contributed by atoms with van der Waals surface area (Å²) in [6.45, 7) is 5.77. The Balaban J connectivity index is 2.06. The minimum atomic E-state index is -2.47. The van der Waals surface area contributed by atoms with Crippen LogP contribution in [0.15, 0.2) is 47.4 Å². The molecule has 0 aliphatic carbocycles. The molecule has 0 heterocycles. The summed E-state index contributed by atoms with van der Waals surface area (Å²) in [6, 6.07) is 11.5. The summed E-state index contributed by atoms with van der Waals surface area (Å²) in [5.41, 5.74) is 1.98. The van der Waals surface area contributed by atoms with Crippen LogP contribution in [-0.2, 0) is 0 Å². The number of nitrogens with one attached hydrogen (secondary N) is 1. The zero-order valence-electron chi connectivity index (χ0n) is 13.7. The monoisotopic (exact) mass is 351 g/mol.